The Balaban J connectivity index is 1.38. The summed E-state index contributed by atoms with van der Waals surface area (Å²) in [5.74, 6) is 4.68. The Hall–Kier alpha value is -3.13. The van der Waals surface area contributed by atoms with Crippen molar-refractivity contribution in [2.24, 2.45) is 23.7 Å². The van der Waals surface area contributed by atoms with Crippen molar-refractivity contribution >= 4 is 0 Å². The second-order valence-corrected chi connectivity index (χ2v) is 10.6. The lowest BCUT2D eigenvalue weighted by Crippen LogP contribution is -2.46. The first-order valence-corrected chi connectivity index (χ1v) is 12.6. The summed E-state index contributed by atoms with van der Waals surface area (Å²) in [6.07, 6.45) is 9.26. The Labute approximate surface area is 196 Å². The SMILES string of the molecule is c1ccc(-c2cccc(-c3ncc(-c4ccccc4)n3C3C4CC5CC(C4)CC3C5)c2)cc1. The molecule has 2 nitrogen and oxygen atoms in total. The molecule has 0 aliphatic heterocycles. The highest BCUT2D eigenvalue weighted by Gasteiger charge is 2.49. The number of rotatable bonds is 4. The van der Waals surface area contributed by atoms with Gasteiger partial charge >= 0.3 is 0 Å². The van der Waals surface area contributed by atoms with Crippen molar-refractivity contribution in [2.75, 3.05) is 0 Å². The summed E-state index contributed by atoms with van der Waals surface area (Å²) in [4.78, 5) is 5.09. The van der Waals surface area contributed by atoms with E-state index in [9.17, 15) is 0 Å². The van der Waals surface area contributed by atoms with Crippen LogP contribution in [0, 0.1) is 23.7 Å². The van der Waals surface area contributed by atoms with E-state index in [2.05, 4.69) is 95.7 Å². The Kier molecular flexibility index (Phi) is 4.53. The van der Waals surface area contributed by atoms with Gasteiger partial charge in [-0.05, 0) is 78.5 Å². The van der Waals surface area contributed by atoms with Gasteiger partial charge in [0.1, 0.15) is 5.82 Å². The molecule has 2 heteroatoms. The summed E-state index contributed by atoms with van der Waals surface area (Å²) in [6.45, 7) is 0. The lowest BCUT2D eigenvalue weighted by Gasteiger charge is -2.55. The van der Waals surface area contributed by atoms with Crippen LogP contribution in [0.25, 0.3) is 33.8 Å². The molecular formula is C31H30N2. The molecule has 0 unspecified atom stereocenters. The molecule has 0 saturated heterocycles. The maximum Gasteiger partial charge on any atom is 0.140 e. The highest BCUT2D eigenvalue weighted by atomic mass is 15.1. The third-order valence-electron chi connectivity index (χ3n) is 8.57. The van der Waals surface area contributed by atoms with Crippen molar-refractivity contribution in [2.45, 2.75) is 38.1 Å². The Morgan fingerprint density at radius 3 is 1.82 bits per heavy atom. The van der Waals surface area contributed by atoms with E-state index in [1.54, 1.807) is 0 Å². The summed E-state index contributed by atoms with van der Waals surface area (Å²) in [7, 11) is 0. The van der Waals surface area contributed by atoms with Crippen LogP contribution in [-0.4, -0.2) is 9.55 Å². The smallest absolute Gasteiger partial charge is 0.140 e. The molecule has 4 saturated carbocycles. The molecule has 1 aromatic heterocycles. The quantitative estimate of drug-likeness (QED) is 0.322. The lowest BCUT2D eigenvalue weighted by atomic mass is 9.54. The molecule has 0 amide bonds. The van der Waals surface area contributed by atoms with Gasteiger partial charge in [-0.25, -0.2) is 4.98 Å². The molecule has 33 heavy (non-hydrogen) atoms. The third kappa shape index (κ3) is 3.27. The summed E-state index contributed by atoms with van der Waals surface area (Å²) in [5, 5.41) is 0. The van der Waals surface area contributed by atoms with E-state index in [-0.39, 0.29) is 0 Å². The summed E-state index contributed by atoms with van der Waals surface area (Å²) in [5.41, 5.74) is 6.31. The normalized spacial score (nSPS) is 27.7. The van der Waals surface area contributed by atoms with E-state index < -0.39 is 0 Å². The van der Waals surface area contributed by atoms with Crippen LogP contribution in [0.15, 0.2) is 91.1 Å². The maximum absolute atomic E-state index is 5.09. The maximum atomic E-state index is 5.09. The molecule has 1 heterocycles. The second kappa shape index (κ2) is 7.73. The molecule has 4 aliphatic rings. The second-order valence-electron chi connectivity index (χ2n) is 10.6. The standard InChI is InChI=1S/C31H30N2/c1-3-8-23(9-4-1)25-12-7-13-26(19-25)31-32-20-29(24-10-5-2-6-11-24)33(31)30-27-15-21-14-22(17-27)18-28(30)16-21/h1-13,19-22,27-28,30H,14-18H2. The Morgan fingerprint density at radius 1 is 0.576 bits per heavy atom. The lowest BCUT2D eigenvalue weighted by molar-refractivity contribution is -0.0279. The Bertz CT molecular complexity index is 1240. The van der Waals surface area contributed by atoms with Crippen molar-refractivity contribution < 1.29 is 0 Å². The van der Waals surface area contributed by atoms with Crippen LogP contribution in [0.3, 0.4) is 0 Å². The van der Waals surface area contributed by atoms with Crippen LogP contribution in [0.1, 0.15) is 38.1 Å². The molecule has 0 atom stereocenters. The van der Waals surface area contributed by atoms with Gasteiger partial charge in [0.25, 0.3) is 0 Å². The fourth-order valence-electron chi connectivity index (χ4n) is 7.49. The van der Waals surface area contributed by atoms with E-state index in [0.29, 0.717) is 6.04 Å². The zero-order valence-electron chi connectivity index (χ0n) is 19.0. The topological polar surface area (TPSA) is 17.8 Å². The summed E-state index contributed by atoms with van der Waals surface area (Å²) < 4.78 is 2.66. The van der Waals surface area contributed by atoms with Gasteiger partial charge in [-0.15, -0.1) is 0 Å². The first kappa shape index (κ1) is 19.3. The van der Waals surface area contributed by atoms with Gasteiger partial charge in [0, 0.05) is 11.6 Å². The van der Waals surface area contributed by atoms with Crippen molar-refractivity contribution in [3.8, 4) is 33.8 Å². The molecule has 8 rings (SSSR count). The van der Waals surface area contributed by atoms with E-state index in [0.717, 1.165) is 29.5 Å². The van der Waals surface area contributed by atoms with Crippen LogP contribution in [0.5, 0.6) is 0 Å². The zero-order valence-corrected chi connectivity index (χ0v) is 19.0. The van der Waals surface area contributed by atoms with Gasteiger partial charge in [0.2, 0.25) is 0 Å². The molecule has 4 fully saturated rings. The number of hydrogen-bond acceptors (Lipinski definition) is 1. The van der Waals surface area contributed by atoms with Gasteiger partial charge in [-0.2, -0.15) is 0 Å². The van der Waals surface area contributed by atoms with Gasteiger partial charge in [-0.1, -0.05) is 78.9 Å². The highest BCUT2D eigenvalue weighted by Crippen LogP contribution is 2.59. The molecule has 4 bridgehead atoms. The van der Waals surface area contributed by atoms with Gasteiger partial charge in [-0.3, -0.25) is 0 Å². The first-order chi connectivity index (χ1) is 16.3. The molecule has 0 spiro atoms. The fraction of sp³-hybridized carbons (Fsp3) is 0.323. The molecule has 4 aromatic rings. The number of nitrogens with zero attached hydrogens (tertiary/aromatic N) is 2. The number of aromatic nitrogens is 2. The van der Waals surface area contributed by atoms with E-state index in [1.165, 1.54) is 60.1 Å². The van der Waals surface area contributed by atoms with Gasteiger partial charge in [0.05, 0.1) is 11.9 Å². The third-order valence-corrected chi connectivity index (χ3v) is 8.57. The van der Waals surface area contributed by atoms with Gasteiger partial charge < -0.3 is 4.57 Å². The van der Waals surface area contributed by atoms with Crippen LogP contribution >= 0.6 is 0 Å². The molecule has 0 radical (unpaired) electrons. The van der Waals surface area contributed by atoms with Crippen molar-refractivity contribution in [3.63, 3.8) is 0 Å². The Morgan fingerprint density at radius 2 is 1.15 bits per heavy atom. The van der Waals surface area contributed by atoms with E-state index >= 15 is 0 Å². The van der Waals surface area contributed by atoms with Crippen LogP contribution in [-0.2, 0) is 0 Å². The number of imidazole rings is 1. The van der Waals surface area contributed by atoms with Crippen LogP contribution in [0.2, 0.25) is 0 Å². The van der Waals surface area contributed by atoms with Crippen LogP contribution < -0.4 is 0 Å². The summed E-state index contributed by atoms with van der Waals surface area (Å²) >= 11 is 0. The molecule has 4 aliphatic carbocycles. The number of benzene rings is 3. The van der Waals surface area contributed by atoms with E-state index in [4.69, 9.17) is 4.98 Å². The monoisotopic (exact) mass is 430 g/mol. The summed E-state index contributed by atoms with van der Waals surface area (Å²) in [6, 6.07) is 31.2. The first-order valence-electron chi connectivity index (χ1n) is 12.6. The minimum absolute atomic E-state index is 0.575. The molecule has 0 N–H and O–H groups in total. The fourth-order valence-corrected chi connectivity index (χ4v) is 7.49. The van der Waals surface area contributed by atoms with Gasteiger partial charge in [0.15, 0.2) is 0 Å². The highest BCUT2D eigenvalue weighted by molar-refractivity contribution is 5.72. The van der Waals surface area contributed by atoms with Crippen molar-refractivity contribution in [1.29, 1.82) is 0 Å². The van der Waals surface area contributed by atoms with E-state index in [1.807, 2.05) is 0 Å². The van der Waals surface area contributed by atoms with Crippen LogP contribution in [0.4, 0.5) is 0 Å². The molecule has 164 valence electrons. The molecular weight excluding hydrogens is 400 g/mol. The minimum Gasteiger partial charge on any atom is -0.320 e. The largest absolute Gasteiger partial charge is 0.320 e. The minimum atomic E-state index is 0.575. The molecule has 3 aromatic carbocycles. The zero-order chi connectivity index (χ0) is 21.8. The average Bonchev–Trinajstić information content (AvgIpc) is 3.29. The predicted molar refractivity (Wildman–Crippen MR) is 135 cm³/mol. The van der Waals surface area contributed by atoms with Crippen molar-refractivity contribution in [1.82, 2.24) is 9.55 Å². The average molecular weight is 431 g/mol. The van der Waals surface area contributed by atoms with Crippen molar-refractivity contribution in [3.05, 3.63) is 91.1 Å². The number of hydrogen-bond donors (Lipinski definition) is 0. The predicted octanol–water partition coefficient (Wildman–Crippen LogP) is 7.88.